The maximum Gasteiger partial charge on any atom is 0.0499 e. The Balaban J connectivity index is 1.90. The molecule has 2 unspecified atom stereocenters. The summed E-state index contributed by atoms with van der Waals surface area (Å²) in [6.45, 7) is 8.78. The van der Waals surface area contributed by atoms with E-state index in [9.17, 15) is 5.11 Å². The average molecular weight is 239 g/mol. The zero-order chi connectivity index (χ0) is 12.3. The Kier molecular flexibility index (Phi) is 4.48. The highest BCUT2D eigenvalue weighted by Gasteiger charge is 2.35. The van der Waals surface area contributed by atoms with E-state index in [4.69, 9.17) is 0 Å². The Morgan fingerprint density at radius 2 is 1.82 bits per heavy atom. The van der Waals surface area contributed by atoms with Crippen molar-refractivity contribution in [2.75, 3.05) is 26.2 Å². The number of rotatable bonds is 3. The predicted molar refractivity (Wildman–Crippen MR) is 72.0 cm³/mol. The molecule has 1 aliphatic heterocycles. The molecule has 2 aliphatic rings. The van der Waals surface area contributed by atoms with Crippen molar-refractivity contribution in [1.82, 2.24) is 4.90 Å². The maximum atomic E-state index is 9.76. The van der Waals surface area contributed by atoms with E-state index in [-0.39, 0.29) is 5.41 Å². The van der Waals surface area contributed by atoms with Crippen LogP contribution in [-0.4, -0.2) is 36.2 Å². The van der Waals surface area contributed by atoms with Crippen LogP contribution in [0, 0.1) is 17.3 Å². The quantitative estimate of drug-likeness (QED) is 0.818. The summed E-state index contributed by atoms with van der Waals surface area (Å²) in [6, 6.07) is 0. The van der Waals surface area contributed by atoms with E-state index in [0.717, 1.165) is 18.4 Å². The number of hydrogen-bond acceptors (Lipinski definition) is 2. The largest absolute Gasteiger partial charge is 0.396 e. The van der Waals surface area contributed by atoms with Gasteiger partial charge < -0.3 is 10.0 Å². The van der Waals surface area contributed by atoms with Gasteiger partial charge >= 0.3 is 0 Å². The lowest BCUT2D eigenvalue weighted by atomic mass is 9.73. The maximum absolute atomic E-state index is 9.76. The van der Waals surface area contributed by atoms with E-state index in [1.54, 1.807) is 0 Å². The topological polar surface area (TPSA) is 23.5 Å². The van der Waals surface area contributed by atoms with E-state index in [0.29, 0.717) is 6.61 Å². The third kappa shape index (κ3) is 3.23. The molecule has 0 aromatic rings. The normalized spacial score (nSPS) is 34.8. The Morgan fingerprint density at radius 3 is 2.41 bits per heavy atom. The van der Waals surface area contributed by atoms with Crippen LogP contribution in [0.4, 0.5) is 0 Å². The first-order chi connectivity index (χ1) is 8.15. The van der Waals surface area contributed by atoms with Crippen LogP contribution in [-0.2, 0) is 0 Å². The Morgan fingerprint density at radius 1 is 1.12 bits per heavy atom. The lowest BCUT2D eigenvalue weighted by molar-refractivity contribution is 0.0188. The molecular formula is C15H29NO. The van der Waals surface area contributed by atoms with Crippen molar-refractivity contribution >= 4 is 0 Å². The average Bonchev–Trinajstić information content (AvgIpc) is 2.35. The molecule has 2 rings (SSSR count). The van der Waals surface area contributed by atoms with Gasteiger partial charge in [-0.25, -0.2) is 0 Å². The van der Waals surface area contributed by atoms with Crippen molar-refractivity contribution in [3.05, 3.63) is 0 Å². The monoisotopic (exact) mass is 239 g/mol. The molecular weight excluding hydrogens is 210 g/mol. The van der Waals surface area contributed by atoms with Gasteiger partial charge in [0.25, 0.3) is 0 Å². The molecule has 0 spiro atoms. The van der Waals surface area contributed by atoms with Crippen LogP contribution in [0.1, 0.15) is 52.4 Å². The minimum atomic E-state index is 0.235. The van der Waals surface area contributed by atoms with Crippen LogP contribution in [0.2, 0.25) is 0 Å². The van der Waals surface area contributed by atoms with Crippen LogP contribution in [0.25, 0.3) is 0 Å². The molecule has 100 valence electrons. The number of aliphatic hydroxyl groups is 1. The first-order valence-electron chi connectivity index (χ1n) is 7.48. The summed E-state index contributed by atoms with van der Waals surface area (Å²) in [5.41, 5.74) is 0.235. The van der Waals surface area contributed by atoms with Crippen LogP contribution >= 0.6 is 0 Å². The molecule has 0 bridgehead atoms. The molecule has 0 aromatic heterocycles. The van der Waals surface area contributed by atoms with E-state index in [1.807, 2.05) is 0 Å². The number of hydrogen-bond donors (Lipinski definition) is 1. The van der Waals surface area contributed by atoms with E-state index >= 15 is 0 Å². The summed E-state index contributed by atoms with van der Waals surface area (Å²) in [7, 11) is 0. The predicted octanol–water partition coefficient (Wildman–Crippen LogP) is 2.91. The highest BCUT2D eigenvalue weighted by atomic mass is 16.3. The van der Waals surface area contributed by atoms with Crippen LogP contribution in [0.5, 0.6) is 0 Å². The molecule has 1 N–H and O–H groups in total. The molecule has 1 saturated carbocycles. The summed E-state index contributed by atoms with van der Waals surface area (Å²) in [4.78, 5) is 2.62. The second kappa shape index (κ2) is 5.71. The van der Waals surface area contributed by atoms with Gasteiger partial charge in [-0.1, -0.05) is 33.1 Å². The van der Waals surface area contributed by atoms with E-state index < -0.39 is 0 Å². The van der Waals surface area contributed by atoms with Gasteiger partial charge in [-0.15, -0.1) is 0 Å². The second-order valence-corrected chi connectivity index (χ2v) is 6.70. The summed E-state index contributed by atoms with van der Waals surface area (Å²) >= 11 is 0. The van der Waals surface area contributed by atoms with Crippen molar-refractivity contribution in [3.63, 3.8) is 0 Å². The van der Waals surface area contributed by atoms with Gasteiger partial charge in [-0.2, -0.15) is 0 Å². The molecule has 1 heterocycles. The number of likely N-dealkylation sites (tertiary alicyclic amines) is 1. The fourth-order valence-corrected chi connectivity index (χ4v) is 3.64. The number of nitrogens with zero attached hydrogens (tertiary/aromatic N) is 1. The third-order valence-corrected chi connectivity index (χ3v) is 5.23. The molecule has 1 aliphatic carbocycles. The fraction of sp³-hybridized carbons (Fsp3) is 1.00. The van der Waals surface area contributed by atoms with Crippen molar-refractivity contribution in [2.45, 2.75) is 52.4 Å². The Labute approximate surface area is 106 Å². The van der Waals surface area contributed by atoms with Gasteiger partial charge in [-0.3, -0.25) is 0 Å². The van der Waals surface area contributed by atoms with Crippen molar-refractivity contribution in [3.8, 4) is 0 Å². The molecule has 2 heteroatoms. The first-order valence-corrected chi connectivity index (χ1v) is 7.48. The minimum Gasteiger partial charge on any atom is -0.396 e. The zero-order valence-corrected chi connectivity index (χ0v) is 11.6. The van der Waals surface area contributed by atoms with Gasteiger partial charge in [-0.05, 0) is 37.6 Å². The van der Waals surface area contributed by atoms with Gasteiger partial charge in [0.05, 0.1) is 0 Å². The molecule has 2 fully saturated rings. The highest BCUT2D eigenvalue weighted by molar-refractivity contribution is 4.87. The van der Waals surface area contributed by atoms with E-state index in [1.165, 1.54) is 51.6 Å². The number of piperidine rings is 1. The first kappa shape index (κ1) is 13.4. The SMILES string of the molecule is CC1CCN(CC2(CO)CCCCC2)CC1C. The summed E-state index contributed by atoms with van der Waals surface area (Å²) in [5.74, 6) is 1.70. The summed E-state index contributed by atoms with van der Waals surface area (Å²) in [6.07, 6.45) is 7.83. The Hall–Kier alpha value is -0.0800. The van der Waals surface area contributed by atoms with Gasteiger partial charge in [0.15, 0.2) is 0 Å². The standard InChI is InChI=1S/C15H29NO/c1-13-6-9-16(10-14(13)2)11-15(12-17)7-4-3-5-8-15/h13-14,17H,3-12H2,1-2H3. The molecule has 2 nitrogen and oxygen atoms in total. The molecule has 0 amide bonds. The number of aliphatic hydroxyl groups excluding tert-OH is 1. The van der Waals surface area contributed by atoms with Crippen LogP contribution < -0.4 is 0 Å². The molecule has 17 heavy (non-hydrogen) atoms. The second-order valence-electron chi connectivity index (χ2n) is 6.70. The summed E-state index contributed by atoms with van der Waals surface area (Å²) < 4.78 is 0. The third-order valence-electron chi connectivity index (χ3n) is 5.23. The highest BCUT2D eigenvalue weighted by Crippen LogP contribution is 2.37. The van der Waals surface area contributed by atoms with Crippen molar-refractivity contribution < 1.29 is 5.11 Å². The summed E-state index contributed by atoms with van der Waals surface area (Å²) in [5, 5.41) is 9.76. The molecule has 1 saturated heterocycles. The molecule has 0 aromatic carbocycles. The minimum absolute atomic E-state index is 0.235. The lowest BCUT2D eigenvalue weighted by Crippen LogP contribution is -2.46. The Bertz CT molecular complexity index is 235. The van der Waals surface area contributed by atoms with Crippen LogP contribution in [0.3, 0.4) is 0 Å². The smallest absolute Gasteiger partial charge is 0.0499 e. The lowest BCUT2D eigenvalue weighted by Gasteiger charge is -2.43. The van der Waals surface area contributed by atoms with Crippen LogP contribution in [0.15, 0.2) is 0 Å². The fourth-order valence-electron chi connectivity index (χ4n) is 3.64. The van der Waals surface area contributed by atoms with Gasteiger partial charge in [0, 0.05) is 25.1 Å². The van der Waals surface area contributed by atoms with Gasteiger partial charge in [0.1, 0.15) is 0 Å². The van der Waals surface area contributed by atoms with Crippen molar-refractivity contribution in [2.24, 2.45) is 17.3 Å². The zero-order valence-electron chi connectivity index (χ0n) is 11.6. The van der Waals surface area contributed by atoms with Gasteiger partial charge in [0.2, 0.25) is 0 Å². The van der Waals surface area contributed by atoms with Crippen molar-refractivity contribution in [1.29, 1.82) is 0 Å². The molecule has 2 atom stereocenters. The van der Waals surface area contributed by atoms with E-state index in [2.05, 4.69) is 18.7 Å². The molecule has 0 radical (unpaired) electrons.